The number of nitrogens with one attached hydrogen (secondary N) is 3. The zero-order valence-corrected chi connectivity index (χ0v) is 12.0. The summed E-state index contributed by atoms with van der Waals surface area (Å²) in [5.74, 6) is 0.541. The molecule has 104 valence electrons. The molecule has 0 aliphatic carbocycles. The van der Waals surface area contributed by atoms with Crippen LogP contribution >= 0.6 is 11.6 Å². The summed E-state index contributed by atoms with van der Waals surface area (Å²) >= 11 is 5.87. The highest BCUT2D eigenvalue weighted by atomic mass is 35.5. The second-order valence-corrected chi connectivity index (χ2v) is 6.08. The van der Waals surface area contributed by atoms with Gasteiger partial charge in [-0.1, -0.05) is 18.5 Å². The Morgan fingerprint density at radius 3 is 2.89 bits per heavy atom. The van der Waals surface area contributed by atoms with Crippen LogP contribution in [0.15, 0.2) is 18.2 Å². The number of hydrogen-bond acceptors (Lipinski definition) is 3. The van der Waals surface area contributed by atoms with E-state index in [0.717, 1.165) is 17.5 Å². The molecule has 0 radical (unpaired) electrons. The molecule has 1 aromatic heterocycles. The number of fused-ring (bicyclic) bond motifs is 1. The van der Waals surface area contributed by atoms with E-state index in [-0.39, 0.29) is 6.54 Å². The molecule has 0 fully saturated rings. The van der Waals surface area contributed by atoms with Crippen LogP contribution < -0.4 is 9.44 Å². The lowest BCUT2D eigenvalue weighted by molar-refractivity contribution is 0.564. The second-order valence-electron chi connectivity index (χ2n) is 4.06. The van der Waals surface area contributed by atoms with Gasteiger partial charge < -0.3 is 4.98 Å². The Bertz CT molecular complexity index is 668. The van der Waals surface area contributed by atoms with Gasteiger partial charge in [-0.15, -0.1) is 0 Å². The first-order valence-electron chi connectivity index (χ1n) is 5.88. The molecule has 19 heavy (non-hydrogen) atoms. The summed E-state index contributed by atoms with van der Waals surface area (Å²) in [6, 6.07) is 5.26. The molecule has 3 N–H and O–H groups in total. The van der Waals surface area contributed by atoms with Crippen LogP contribution in [-0.4, -0.2) is 24.9 Å². The zero-order valence-electron chi connectivity index (χ0n) is 10.4. The van der Waals surface area contributed by atoms with Crippen molar-refractivity contribution in [1.29, 1.82) is 0 Å². The number of rotatable bonds is 6. The van der Waals surface area contributed by atoms with Crippen LogP contribution in [0.4, 0.5) is 0 Å². The topological polar surface area (TPSA) is 86.9 Å². The van der Waals surface area contributed by atoms with Crippen molar-refractivity contribution in [3.63, 3.8) is 0 Å². The molecule has 1 aromatic carbocycles. The number of nitrogens with zero attached hydrogens (tertiary/aromatic N) is 1. The molecule has 0 unspecified atom stereocenters. The van der Waals surface area contributed by atoms with E-state index in [4.69, 9.17) is 11.6 Å². The van der Waals surface area contributed by atoms with Crippen LogP contribution in [0.5, 0.6) is 0 Å². The molecule has 0 spiro atoms. The average molecular weight is 303 g/mol. The minimum atomic E-state index is -3.47. The van der Waals surface area contributed by atoms with E-state index in [9.17, 15) is 8.42 Å². The Morgan fingerprint density at radius 1 is 1.37 bits per heavy atom. The van der Waals surface area contributed by atoms with E-state index < -0.39 is 10.2 Å². The highest BCUT2D eigenvalue weighted by Gasteiger charge is 2.10. The van der Waals surface area contributed by atoms with Gasteiger partial charge in [0.1, 0.15) is 5.82 Å². The molecule has 0 aliphatic heterocycles. The number of aromatic nitrogens is 2. The van der Waals surface area contributed by atoms with Crippen molar-refractivity contribution in [2.24, 2.45) is 0 Å². The molecule has 0 bridgehead atoms. The van der Waals surface area contributed by atoms with E-state index in [1.807, 2.05) is 6.92 Å². The quantitative estimate of drug-likeness (QED) is 0.756. The number of hydrogen-bond donors (Lipinski definition) is 3. The summed E-state index contributed by atoms with van der Waals surface area (Å²) < 4.78 is 27.9. The van der Waals surface area contributed by atoms with Crippen molar-refractivity contribution in [3.05, 3.63) is 29.0 Å². The van der Waals surface area contributed by atoms with Crippen molar-refractivity contribution < 1.29 is 8.42 Å². The van der Waals surface area contributed by atoms with Crippen LogP contribution in [0.3, 0.4) is 0 Å². The molecule has 2 aromatic rings. The maximum absolute atomic E-state index is 11.5. The monoisotopic (exact) mass is 302 g/mol. The highest BCUT2D eigenvalue weighted by molar-refractivity contribution is 7.87. The lowest BCUT2D eigenvalue weighted by atomic mass is 10.3. The zero-order chi connectivity index (χ0) is 13.9. The van der Waals surface area contributed by atoms with Crippen molar-refractivity contribution in [1.82, 2.24) is 19.4 Å². The fourth-order valence-corrected chi connectivity index (χ4v) is 2.64. The largest absolute Gasteiger partial charge is 0.341 e. The number of aromatic amines is 1. The molecule has 8 heteroatoms. The van der Waals surface area contributed by atoms with Crippen LogP contribution in [0.25, 0.3) is 11.0 Å². The molecular weight excluding hydrogens is 288 g/mol. The molecule has 0 saturated heterocycles. The number of imidazole rings is 1. The summed E-state index contributed by atoms with van der Waals surface area (Å²) in [6.45, 7) is 2.40. The fourth-order valence-electron chi connectivity index (χ4n) is 1.57. The molecule has 0 saturated carbocycles. The van der Waals surface area contributed by atoms with Crippen LogP contribution in [-0.2, 0) is 16.8 Å². The Balaban J connectivity index is 2.05. The first kappa shape index (κ1) is 14.3. The molecule has 0 atom stereocenters. The summed E-state index contributed by atoms with van der Waals surface area (Å²) in [7, 11) is -3.47. The summed E-state index contributed by atoms with van der Waals surface area (Å²) in [5, 5.41) is 0.605. The normalized spacial score (nSPS) is 12.1. The van der Waals surface area contributed by atoms with Gasteiger partial charge in [0, 0.05) is 11.6 Å². The number of H-pyrrole nitrogens is 1. The Hall–Kier alpha value is -1.15. The van der Waals surface area contributed by atoms with Crippen molar-refractivity contribution in [2.45, 2.75) is 19.9 Å². The lowest BCUT2D eigenvalue weighted by Gasteiger charge is -2.05. The first-order valence-corrected chi connectivity index (χ1v) is 7.74. The first-order chi connectivity index (χ1) is 9.00. The van der Waals surface area contributed by atoms with Gasteiger partial charge in [-0.05, 0) is 24.6 Å². The minimum absolute atomic E-state index is 0.103. The molecular formula is C11H15ClN4O2S. The standard InChI is InChI=1S/C11H15ClN4O2S/c1-2-5-13-19(17,18)14-7-11-15-9-4-3-8(12)6-10(9)16-11/h3-4,6,13-14H,2,5,7H2,1H3,(H,15,16). The van der Waals surface area contributed by atoms with Gasteiger partial charge in [0.15, 0.2) is 0 Å². The van der Waals surface area contributed by atoms with Gasteiger partial charge in [0.05, 0.1) is 17.6 Å². The van der Waals surface area contributed by atoms with Crippen molar-refractivity contribution in [3.8, 4) is 0 Å². The fraction of sp³-hybridized carbons (Fsp3) is 0.364. The highest BCUT2D eigenvalue weighted by Crippen LogP contribution is 2.17. The van der Waals surface area contributed by atoms with E-state index in [0.29, 0.717) is 17.4 Å². The second kappa shape index (κ2) is 5.87. The third kappa shape index (κ3) is 3.90. The van der Waals surface area contributed by atoms with Gasteiger partial charge in [0.25, 0.3) is 10.2 Å². The predicted molar refractivity (Wildman–Crippen MR) is 75.2 cm³/mol. The maximum Gasteiger partial charge on any atom is 0.277 e. The molecule has 0 amide bonds. The van der Waals surface area contributed by atoms with E-state index in [1.165, 1.54) is 0 Å². The van der Waals surface area contributed by atoms with Crippen molar-refractivity contribution >= 4 is 32.8 Å². The van der Waals surface area contributed by atoms with E-state index >= 15 is 0 Å². The van der Waals surface area contributed by atoms with Crippen molar-refractivity contribution in [2.75, 3.05) is 6.54 Å². The van der Waals surface area contributed by atoms with Gasteiger partial charge in [-0.2, -0.15) is 13.1 Å². The Labute approximate surface area is 116 Å². The van der Waals surface area contributed by atoms with Crippen LogP contribution in [0.2, 0.25) is 5.02 Å². The molecule has 2 rings (SSSR count). The van der Waals surface area contributed by atoms with Gasteiger partial charge in [0.2, 0.25) is 0 Å². The van der Waals surface area contributed by atoms with Gasteiger partial charge in [-0.25, -0.2) is 9.71 Å². The molecule has 6 nitrogen and oxygen atoms in total. The van der Waals surface area contributed by atoms with Gasteiger partial charge in [-0.3, -0.25) is 0 Å². The molecule has 1 heterocycles. The maximum atomic E-state index is 11.5. The Morgan fingerprint density at radius 2 is 2.16 bits per heavy atom. The Kier molecular flexibility index (Phi) is 4.41. The van der Waals surface area contributed by atoms with Gasteiger partial charge >= 0.3 is 0 Å². The lowest BCUT2D eigenvalue weighted by Crippen LogP contribution is -2.36. The number of halogens is 1. The summed E-state index contributed by atoms with van der Waals surface area (Å²) in [6.07, 6.45) is 0.740. The SMILES string of the molecule is CCCNS(=O)(=O)NCc1nc2ccc(Cl)cc2[nH]1. The third-order valence-electron chi connectivity index (χ3n) is 2.46. The minimum Gasteiger partial charge on any atom is -0.341 e. The van der Waals surface area contributed by atoms with E-state index in [2.05, 4.69) is 19.4 Å². The molecule has 0 aliphatic rings. The predicted octanol–water partition coefficient (Wildman–Crippen LogP) is 1.55. The van der Waals surface area contributed by atoms with Crippen LogP contribution in [0.1, 0.15) is 19.2 Å². The summed E-state index contributed by atoms with van der Waals surface area (Å²) in [4.78, 5) is 7.28. The smallest absolute Gasteiger partial charge is 0.277 e. The average Bonchev–Trinajstić information content (AvgIpc) is 2.76. The number of benzene rings is 1. The summed E-state index contributed by atoms with van der Waals surface area (Å²) in [5.41, 5.74) is 1.53. The van der Waals surface area contributed by atoms with Crippen LogP contribution in [0, 0.1) is 0 Å². The third-order valence-corrected chi connectivity index (χ3v) is 3.81. The van der Waals surface area contributed by atoms with E-state index in [1.54, 1.807) is 18.2 Å².